The molecule has 2 aromatic rings. The zero-order valence-electron chi connectivity index (χ0n) is 15.1. The van der Waals surface area contributed by atoms with E-state index in [0.29, 0.717) is 31.1 Å². The monoisotopic (exact) mass is 371 g/mol. The Morgan fingerprint density at radius 3 is 2.74 bits per heavy atom. The van der Waals surface area contributed by atoms with Gasteiger partial charge in [0.05, 0.1) is 31.4 Å². The molecule has 2 fully saturated rings. The third-order valence-electron chi connectivity index (χ3n) is 5.53. The van der Waals surface area contributed by atoms with Crippen LogP contribution in [0.25, 0.3) is 11.0 Å². The first-order valence-electron chi connectivity index (χ1n) is 8.92. The molecule has 1 amide bonds. The van der Waals surface area contributed by atoms with Crippen molar-refractivity contribution in [2.24, 2.45) is 11.3 Å². The number of likely N-dealkylation sites (tertiary alicyclic amines) is 1. The van der Waals surface area contributed by atoms with E-state index in [0.717, 1.165) is 11.0 Å². The van der Waals surface area contributed by atoms with Crippen molar-refractivity contribution in [3.63, 3.8) is 0 Å². The Kier molecular flexibility index (Phi) is 4.43. The first kappa shape index (κ1) is 17.7. The number of ether oxygens (including phenoxy) is 2. The smallest absolute Gasteiger partial charge is 0.314 e. The van der Waals surface area contributed by atoms with Crippen molar-refractivity contribution >= 4 is 22.9 Å². The lowest BCUT2D eigenvalue weighted by atomic mass is 9.81. The summed E-state index contributed by atoms with van der Waals surface area (Å²) in [4.78, 5) is 35.0. The molecule has 0 unspecified atom stereocenters. The topological polar surface area (TPSA) is 102 Å². The maximum Gasteiger partial charge on any atom is 0.314 e. The molecule has 1 N–H and O–H groups in total. The van der Waals surface area contributed by atoms with Gasteiger partial charge in [0.1, 0.15) is 11.1 Å². The van der Waals surface area contributed by atoms with Gasteiger partial charge in [0.2, 0.25) is 11.8 Å². The second-order valence-electron chi connectivity index (χ2n) is 7.12. The van der Waals surface area contributed by atoms with Crippen molar-refractivity contribution < 1.29 is 24.2 Å². The Morgan fingerprint density at radius 1 is 1.33 bits per heavy atom. The fourth-order valence-corrected chi connectivity index (χ4v) is 3.96. The first-order valence-corrected chi connectivity index (χ1v) is 8.92. The van der Waals surface area contributed by atoms with Crippen LogP contribution in [0.4, 0.5) is 0 Å². The molecule has 0 aliphatic carbocycles. The van der Waals surface area contributed by atoms with Crippen LogP contribution in [-0.4, -0.2) is 65.3 Å². The van der Waals surface area contributed by atoms with E-state index in [1.807, 2.05) is 24.3 Å². The van der Waals surface area contributed by atoms with Gasteiger partial charge in [0.25, 0.3) is 0 Å². The highest BCUT2D eigenvalue weighted by Gasteiger charge is 2.57. The molecule has 142 valence electrons. The second kappa shape index (κ2) is 6.77. The minimum Gasteiger partial charge on any atom is -0.481 e. The van der Waals surface area contributed by atoms with Crippen molar-refractivity contribution in [1.82, 2.24) is 14.9 Å². The number of benzene rings is 1. The van der Waals surface area contributed by atoms with Crippen LogP contribution in [0.1, 0.15) is 12.1 Å². The van der Waals surface area contributed by atoms with Gasteiger partial charge < -0.3 is 19.5 Å². The van der Waals surface area contributed by atoms with Gasteiger partial charge in [-0.15, -0.1) is 0 Å². The summed E-state index contributed by atoms with van der Waals surface area (Å²) in [6, 6.07) is 7.49. The predicted molar refractivity (Wildman–Crippen MR) is 95.4 cm³/mol. The summed E-state index contributed by atoms with van der Waals surface area (Å²) < 4.78 is 10.7. The van der Waals surface area contributed by atoms with E-state index in [-0.39, 0.29) is 31.4 Å². The number of carbonyl (C=O) groups is 2. The van der Waals surface area contributed by atoms with Gasteiger partial charge >= 0.3 is 5.97 Å². The number of nitrogens with zero attached hydrogens (tertiary/aromatic N) is 3. The number of carbonyl (C=O) groups excluding carboxylic acids is 1. The standard InChI is InChI=1S/C19H21N3O5/c1-26-17-15(20-13-4-2-3-5-14(13)21-17)6-7-16(23)22-8-12-9-27-11-19(12,10-22)18(24)25/h2-5,12H,6-11H2,1H3,(H,24,25)/t12-,19-/m1/s1. The quantitative estimate of drug-likeness (QED) is 0.840. The molecule has 1 aromatic carbocycles. The molecule has 4 rings (SSSR count). The van der Waals surface area contributed by atoms with E-state index in [2.05, 4.69) is 9.97 Å². The summed E-state index contributed by atoms with van der Waals surface area (Å²) >= 11 is 0. The molecule has 1 aromatic heterocycles. The van der Waals surface area contributed by atoms with E-state index in [1.165, 1.54) is 7.11 Å². The van der Waals surface area contributed by atoms with Gasteiger partial charge in [-0.1, -0.05) is 12.1 Å². The van der Waals surface area contributed by atoms with Gasteiger partial charge in [-0.3, -0.25) is 9.59 Å². The summed E-state index contributed by atoms with van der Waals surface area (Å²) in [7, 11) is 1.53. The summed E-state index contributed by atoms with van der Waals surface area (Å²) in [5.41, 5.74) is 1.15. The van der Waals surface area contributed by atoms with Crippen LogP contribution < -0.4 is 4.74 Å². The van der Waals surface area contributed by atoms with E-state index in [4.69, 9.17) is 9.47 Å². The van der Waals surface area contributed by atoms with Gasteiger partial charge in [-0.2, -0.15) is 0 Å². The molecular formula is C19H21N3O5. The summed E-state index contributed by atoms with van der Waals surface area (Å²) in [5.74, 6) is -0.700. The Bertz CT molecular complexity index is 902. The van der Waals surface area contributed by atoms with E-state index in [1.54, 1.807) is 4.90 Å². The maximum absolute atomic E-state index is 12.7. The molecule has 0 spiro atoms. The number of hydrogen-bond acceptors (Lipinski definition) is 6. The zero-order chi connectivity index (χ0) is 19.0. The molecule has 3 heterocycles. The Balaban J connectivity index is 1.47. The normalized spacial score (nSPS) is 24.2. The number of hydrogen-bond donors (Lipinski definition) is 1. The number of amides is 1. The van der Waals surface area contributed by atoms with Crippen LogP contribution in [0, 0.1) is 11.3 Å². The lowest BCUT2D eigenvalue weighted by molar-refractivity contribution is -0.149. The second-order valence-corrected chi connectivity index (χ2v) is 7.12. The number of carboxylic acid groups (broad SMARTS) is 1. The van der Waals surface area contributed by atoms with Crippen molar-refractivity contribution in [3.05, 3.63) is 30.0 Å². The number of aliphatic carboxylic acids is 1. The van der Waals surface area contributed by atoms with Gasteiger partial charge in [0.15, 0.2) is 0 Å². The number of carboxylic acids is 1. The van der Waals surface area contributed by atoms with E-state index >= 15 is 0 Å². The largest absolute Gasteiger partial charge is 0.481 e. The van der Waals surface area contributed by atoms with Crippen LogP contribution in [-0.2, 0) is 20.7 Å². The third kappa shape index (κ3) is 2.99. The fourth-order valence-electron chi connectivity index (χ4n) is 3.96. The summed E-state index contributed by atoms with van der Waals surface area (Å²) in [6.07, 6.45) is 0.615. The van der Waals surface area contributed by atoms with Crippen molar-refractivity contribution in [2.45, 2.75) is 12.8 Å². The number of aryl methyl sites for hydroxylation is 1. The fraction of sp³-hybridized carbons (Fsp3) is 0.474. The molecule has 2 aliphatic heterocycles. The highest BCUT2D eigenvalue weighted by Crippen LogP contribution is 2.41. The molecule has 0 bridgehead atoms. The van der Waals surface area contributed by atoms with Crippen LogP contribution in [0.15, 0.2) is 24.3 Å². The number of rotatable bonds is 5. The number of fused-ring (bicyclic) bond motifs is 2. The molecule has 0 saturated carbocycles. The minimum atomic E-state index is -0.962. The number of para-hydroxylation sites is 2. The molecule has 27 heavy (non-hydrogen) atoms. The van der Waals surface area contributed by atoms with Crippen LogP contribution in [0.2, 0.25) is 0 Å². The zero-order valence-corrected chi connectivity index (χ0v) is 15.1. The highest BCUT2D eigenvalue weighted by molar-refractivity contribution is 5.82. The summed E-state index contributed by atoms with van der Waals surface area (Å²) in [5, 5.41) is 9.60. The lowest BCUT2D eigenvalue weighted by Crippen LogP contribution is -2.40. The Labute approximate surface area is 156 Å². The molecular weight excluding hydrogens is 350 g/mol. The molecule has 2 atom stereocenters. The van der Waals surface area contributed by atoms with Crippen LogP contribution in [0.5, 0.6) is 5.88 Å². The van der Waals surface area contributed by atoms with Gasteiger partial charge in [-0.25, -0.2) is 9.97 Å². The van der Waals surface area contributed by atoms with E-state index in [9.17, 15) is 14.7 Å². The summed E-state index contributed by atoms with van der Waals surface area (Å²) in [6.45, 7) is 1.18. The average molecular weight is 371 g/mol. The SMILES string of the molecule is COc1nc2ccccc2nc1CCC(=O)N1C[C@@H]2COC[C@]2(C(=O)O)C1. The average Bonchev–Trinajstić information content (AvgIpc) is 3.24. The molecule has 0 radical (unpaired) electrons. The maximum atomic E-state index is 12.7. The van der Waals surface area contributed by atoms with Gasteiger partial charge in [-0.05, 0) is 12.1 Å². The first-order chi connectivity index (χ1) is 13.0. The highest BCUT2D eigenvalue weighted by atomic mass is 16.5. The van der Waals surface area contributed by atoms with Crippen LogP contribution >= 0.6 is 0 Å². The lowest BCUT2D eigenvalue weighted by Gasteiger charge is -2.22. The van der Waals surface area contributed by atoms with Crippen molar-refractivity contribution in [2.75, 3.05) is 33.4 Å². The van der Waals surface area contributed by atoms with Crippen LogP contribution in [0.3, 0.4) is 0 Å². The molecule has 2 saturated heterocycles. The minimum absolute atomic E-state index is 0.0814. The van der Waals surface area contributed by atoms with Gasteiger partial charge in [0, 0.05) is 31.8 Å². The molecule has 8 heteroatoms. The Hall–Kier alpha value is -2.74. The predicted octanol–water partition coefficient (Wildman–Crippen LogP) is 1.13. The third-order valence-corrected chi connectivity index (χ3v) is 5.53. The molecule has 8 nitrogen and oxygen atoms in total. The molecule has 2 aliphatic rings. The van der Waals surface area contributed by atoms with E-state index < -0.39 is 11.4 Å². The van der Waals surface area contributed by atoms with Crippen molar-refractivity contribution in [1.29, 1.82) is 0 Å². The number of aromatic nitrogens is 2. The Morgan fingerprint density at radius 2 is 2.07 bits per heavy atom. The number of methoxy groups -OCH3 is 1. The van der Waals surface area contributed by atoms with Crippen molar-refractivity contribution in [3.8, 4) is 5.88 Å².